The highest BCUT2D eigenvalue weighted by molar-refractivity contribution is 7.91. The number of carbonyl (C=O) groups excluding carboxylic acids is 1. The zero-order valence-electron chi connectivity index (χ0n) is 16.9. The molecular formula is C21H24N2O4S2. The van der Waals surface area contributed by atoms with Crippen molar-refractivity contribution >= 4 is 37.3 Å². The van der Waals surface area contributed by atoms with Gasteiger partial charge in [0.15, 0.2) is 14.6 Å². The van der Waals surface area contributed by atoms with E-state index in [0.29, 0.717) is 18.0 Å². The average Bonchev–Trinajstić information content (AvgIpc) is 3.03. The van der Waals surface area contributed by atoms with E-state index in [0.717, 1.165) is 21.3 Å². The van der Waals surface area contributed by atoms with Crippen LogP contribution < -0.4 is 4.80 Å². The number of fused-ring (bicyclic) bond motifs is 1. The van der Waals surface area contributed by atoms with Gasteiger partial charge in [0.1, 0.15) is 0 Å². The quantitative estimate of drug-likeness (QED) is 0.597. The third-order valence-electron chi connectivity index (χ3n) is 4.66. The van der Waals surface area contributed by atoms with Crippen molar-refractivity contribution < 1.29 is 17.9 Å². The van der Waals surface area contributed by atoms with Gasteiger partial charge in [-0.3, -0.25) is 4.79 Å². The topological polar surface area (TPSA) is 77.7 Å². The van der Waals surface area contributed by atoms with E-state index in [1.54, 1.807) is 26.2 Å². The normalized spacial score (nSPS) is 12.6. The molecule has 0 fully saturated rings. The van der Waals surface area contributed by atoms with Crippen molar-refractivity contribution in [3.05, 3.63) is 57.9 Å². The molecule has 0 aliphatic heterocycles. The highest BCUT2D eigenvalue weighted by atomic mass is 32.2. The van der Waals surface area contributed by atoms with Crippen LogP contribution in [0.2, 0.25) is 0 Å². The van der Waals surface area contributed by atoms with Gasteiger partial charge in [-0.1, -0.05) is 36.5 Å². The fraction of sp³-hybridized carbons (Fsp3) is 0.333. The van der Waals surface area contributed by atoms with Gasteiger partial charge < -0.3 is 9.30 Å². The summed E-state index contributed by atoms with van der Waals surface area (Å²) in [6.07, 6.45) is 0. The van der Waals surface area contributed by atoms with Crippen LogP contribution in [0.5, 0.6) is 0 Å². The first-order valence-corrected chi connectivity index (χ1v) is 11.8. The number of ether oxygens (including phenoxy) is 1. The molecule has 6 nitrogen and oxygen atoms in total. The van der Waals surface area contributed by atoms with E-state index in [1.807, 2.05) is 18.4 Å². The zero-order valence-corrected chi connectivity index (χ0v) is 18.6. The summed E-state index contributed by atoms with van der Waals surface area (Å²) >= 11 is 1.42. The Labute approximate surface area is 174 Å². The van der Waals surface area contributed by atoms with Crippen LogP contribution in [0.25, 0.3) is 10.2 Å². The summed E-state index contributed by atoms with van der Waals surface area (Å²) in [6, 6.07) is 10.4. The van der Waals surface area contributed by atoms with Crippen LogP contribution in [0.15, 0.2) is 46.3 Å². The Morgan fingerprint density at radius 1 is 1.21 bits per heavy atom. The lowest BCUT2D eigenvalue weighted by atomic mass is 10.1. The van der Waals surface area contributed by atoms with E-state index in [4.69, 9.17) is 4.74 Å². The van der Waals surface area contributed by atoms with E-state index in [1.165, 1.54) is 23.5 Å². The number of aryl methyl sites for hydroxylation is 2. The summed E-state index contributed by atoms with van der Waals surface area (Å²) in [5.74, 6) is -0.642. The second kappa shape index (κ2) is 8.61. The molecule has 0 saturated heterocycles. The van der Waals surface area contributed by atoms with Gasteiger partial charge in [-0.05, 0) is 43.2 Å². The van der Waals surface area contributed by atoms with E-state index in [2.05, 4.69) is 17.1 Å². The van der Waals surface area contributed by atoms with Crippen LogP contribution in [0.4, 0.5) is 0 Å². The first-order valence-electron chi connectivity index (χ1n) is 9.29. The fourth-order valence-corrected chi connectivity index (χ4v) is 5.41. The summed E-state index contributed by atoms with van der Waals surface area (Å²) in [6.45, 7) is 6.63. The Morgan fingerprint density at radius 2 is 1.93 bits per heavy atom. The second-order valence-corrected chi connectivity index (χ2v) is 10.00. The smallest absolute Gasteiger partial charge is 0.280 e. The number of carbonyl (C=O) groups is 1. The van der Waals surface area contributed by atoms with Crippen molar-refractivity contribution in [1.82, 2.24) is 4.57 Å². The minimum Gasteiger partial charge on any atom is -0.383 e. The largest absolute Gasteiger partial charge is 0.383 e. The molecule has 3 aromatic rings. The van der Waals surface area contributed by atoms with Crippen LogP contribution in [-0.4, -0.2) is 38.4 Å². The predicted molar refractivity (Wildman–Crippen MR) is 115 cm³/mol. The van der Waals surface area contributed by atoms with Gasteiger partial charge in [-0.15, -0.1) is 0 Å². The molecule has 0 atom stereocenters. The SMILES string of the molecule is CCS(=O)(=O)c1ccccc1C(=O)N=c1sc2c(C)cc(C)cc2n1CCOC. The van der Waals surface area contributed by atoms with Crippen molar-refractivity contribution in [3.8, 4) is 0 Å². The maximum atomic E-state index is 13.0. The van der Waals surface area contributed by atoms with Crippen LogP contribution in [-0.2, 0) is 21.1 Å². The number of rotatable bonds is 6. The molecule has 0 spiro atoms. The first kappa shape index (κ1) is 21.4. The van der Waals surface area contributed by atoms with Crippen molar-refractivity contribution in [1.29, 1.82) is 0 Å². The second-order valence-electron chi connectivity index (χ2n) is 6.78. The summed E-state index contributed by atoms with van der Waals surface area (Å²) in [7, 11) is -1.91. The molecule has 8 heteroatoms. The number of hydrogen-bond acceptors (Lipinski definition) is 5. The number of sulfone groups is 1. The summed E-state index contributed by atoms with van der Waals surface area (Å²) in [5.41, 5.74) is 3.32. The lowest BCUT2D eigenvalue weighted by Gasteiger charge is -2.07. The summed E-state index contributed by atoms with van der Waals surface area (Å²) < 4.78 is 33.0. The molecule has 1 heterocycles. The highest BCUT2D eigenvalue weighted by Gasteiger charge is 2.21. The number of aromatic nitrogens is 1. The van der Waals surface area contributed by atoms with Gasteiger partial charge in [0.05, 0.1) is 33.0 Å². The Hall–Kier alpha value is -2.29. The first-order chi connectivity index (χ1) is 13.8. The van der Waals surface area contributed by atoms with Crippen LogP contribution in [0.3, 0.4) is 0 Å². The molecule has 0 bridgehead atoms. The highest BCUT2D eigenvalue weighted by Crippen LogP contribution is 2.24. The minimum atomic E-state index is -3.53. The Kier molecular flexibility index (Phi) is 6.36. The molecular weight excluding hydrogens is 408 g/mol. The summed E-state index contributed by atoms with van der Waals surface area (Å²) in [4.78, 5) is 17.9. The minimum absolute atomic E-state index is 0.0211. The Morgan fingerprint density at radius 3 is 2.62 bits per heavy atom. The van der Waals surface area contributed by atoms with Gasteiger partial charge in [-0.2, -0.15) is 4.99 Å². The van der Waals surface area contributed by atoms with E-state index in [9.17, 15) is 13.2 Å². The van der Waals surface area contributed by atoms with Gasteiger partial charge in [-0.25, -0.2) is 8.42 Å². The van der Waals surface area contributed by atoms with Gasteiger partial charge in [0, 0.05) is 13.7 Å². The summed E-state index contributed by atoms with van der Waals surface area (Å²) in [5, 5.41) is 0. The maximum absolute atomic E-state index is 13.0. The van der Waals surface area contributed by atoms with Crippen molar-refractivity contribution in [2.24, 2.45) is 4.99 Å². The van der Waals surface area contributed by atoms with Crippen LogP contribution in [0, 0.1) is 13.8 Å². The molecule has 0 unspecified atom stereocenters. The van der Waals surface area contributed by atoms with Crippen molar-refractivity contribution in [2.45, 2.75) is 32.2 Å². The molecule has 0 N–H and O–H groups in total. The van der Waals surface area contributed by atoms with Gasteiger partial charge in [0.25, 0.3) is 5.91 Å². The molecule has 29 heavy (non-hydrogen) atoms. The predicted octanol–water partition coefficient (Wildman–Crippen LogP) is 3.50. The number of hydrogen-bond donors (Lipinski definition) is 0. The number of methoxy groups -OCH3 is 1. The molecule has 0 aliphatic rings. The number of amides is 1. The molecule has 1 aromatic heterocycles. The van der Waals surface area contributed by atoms with Gasteiger partial charge >= 0.3 is 0 Å². The number of nitrogens with zero attached hydrogens (tertiary/aromatic N) is 2. The molecule has 0 radical (unpaired) electrons. The van der Waals surface area contributed by atoms with Crippen LogP contribution in [0.1, 0.15) is 28.4 Å². The van der Waals surface area contributed by atoms with Crippen LogP contribution >= 0.6 is 11.3 Å². The third-order valence-corrected chi connectivity index (χ3v) is 7.68. The third kappa shape index (κ3) is 4.34. The standard InChI is InChI=1S/C21H24N2O4S2/c1-5-29(25,26)18-9-7-6-8-16(18)20(24)22-21-23(10-11-27-4)17-13-14(2)12-15(3)19(17)28-21/h6-9,12-13H,5,10-11H2,1-4H3. The van der Waals surface area contributed by atoms with Crippen molar-refractivity contribution in [2.75, 3.05) is 19.5 Å². The number of benzene rings is 2. The monoisotopic (exact) mass is 432 g/mol. The van der Waals surface area contributed by atoms with E-state index < -0.39 is 15.7 Å². The van der Waals surface area contributed by atoms with Crippen molar-refractivity contribution in [3.63, 3.8) is 0 Å². The van der Waals surface area contributed by atoms with E-state index >= 15 is 0 Å². The molecule has 0 saturated carbocycles. The van der Waals surface area contributed by atoms with Gasteiger partial charge in [0.2, 0.25) is 0 Å². The lowest BCUT2D eigenvalue weighted by molar-refractivity contribution is 0.0994. The molecule has 1 amide bonds. The lowest BCUT2D eigenvalue weighted by Crippen LogP contribution is -2.20. The molecule has 3 rings (SSSR count). The fourth-order valence-electron chi connectivity index (χ4n) is 3.21. The zero-order chi connectivity index (χ0) is 21.2. The Balaban J connectivity index is 2.21. The molecule has 154 valence electrons. The number of thiazole rings is 1. The molecule has 0 aliphatic carbocycles. The average molecular weight is 433 g/mol. The maximum Gasteiger partial charge on any atom is 0.280 e. The Bertz CT molecular complexity index is 1240. The molecule has 2 aromatic carbocycles. The van der Waals surface area contributed by atoms with E-state index in [-0.39, 0.29) is 16.2 Å².